The van der Waals surface area contributed by atoms with Crippen molar-refractivity contribution >= 4 is 17.3 Å². The van der Waals surface area contributed by atoms with Gasteiger partial charge in [0.05, 0.1) is 17.6 Å². The van der Waals surface area contributed by atoms with E-state index in [-0.39, 0.29) is 5.91 Å². The number of hydrogen-bond acceptors (Lipinski definition) is 3. The third-order valence-corrected chi connectivity index (χ3v) is 4.02. The van der Waals surface area contributed by atoms with Crippen molar-refractivity contribution in [2.45, 2.75) is 19.8 Å². The Balaban J connectivity index is 1.78. The molecule has 1 aromatic heterocycles. The first-order chi connectivity index (χ1) is 10.2. The van der Waals surface area contributed by atoms with Gasteiger partial charge in [0.2, 0.25) is 0 Å². The first-order valence-electron chi connectivity index (χ1n) is 7.43. The van der Waals surface area contributed by atoms with E-state index in [1.807, 2.05) is 18.2 Å². The number of para-hydroxylation sites is 2. The summed E-state index contributed by atoms with van der Waals surface area (Å²) in [6, 6.07) is 11.3. The number of anilines is 2. The zero-order valence-electron chi connectivity index (χ0n) is 12.2. The molecule has 1 aliphatic heterocycles. The van der Waals surface area contributed by atoms with Gasteiger partial charge in [-0.25, -0.2) is 0 Å². The highest BCUT2D eigenvalue weighted by Crippen LogP contribution is 2.29. The Hall–Kier alpha value is -2.23. The van der Waals surface area contributed by atoms with E-state index in [4.69, 9.17) is 4.42 Å². The molecular formula is C17H20N2O2. The van der Waals surface area contributed by atoms with Gasteiger partial charge in [0.25, 0.3) is 5.91 Å². The van der Waals surface area contributed by atoms with Gasteiger partial charge in [-0.1, -0.05) is 19.1 Å². The number of piperidine rings is 1. The standard InChI is InChI=1S/C17H20N2O2/c1-13-8-10-19(11-9-13)15-6-3-2-5-14(15)18-17(20)16-7-4-12-21-16/h2-7,12-13H,8-11H2,1H3,(H,18,20). The Bertz CT molecular complexity index is 599. The molecule has 0 atom stereocenters. The van der Waals surface area contributed by atoms with Crippen LogP contribution >= 0.6 is 0 Å². The van der Waals surface area contributed by atoms with E-state index >= 15 is 0 Å². The van der Waals surface area contributed by atoms with Gasteiger partial charge in [0, 0.05) is 13.1 Å². The van der Waals surface area contributed by atoms with Crippen LogP contribution in [0.1, 0.15) is 30.3 Å². The first-order valence-corrected chi connectivity index (χ1v) is 7.43. The Morgan fingerprint density at radius 1 is 1.19 bits per heavy atom. The van der Waals surface area contributed by atoms with Crippen LogP contribution in [-0.4, -0.2) is 19.0 Å². The van der Waals surface area contributed by atoms with Crippen LogP contribution in [0.15, 0.2) is 47.1 Å². The van der Waals surface area contributed by atoms with Gasteiger partial charge in [-0.3, -0.25) is 4.79 Å². The van der Waals surface area contributed by atoms with E-state index in [9.17, 15) is 4.79 Å². The second-order valence-electron chi connectivity index (χ2n) is 5.62. The number of carbonyl (C=O) groups excluding carboxylic acids is 1. The lowest BCUT2D eigenvalue weighted by Gasteiger charge is -2.33. The SMILES string of the molecule is CC1CCN(c2ccccc2NC(=O)c2ccco2)CC1. The molecule has 110 valence electrons. The fourth-order valence-corrected chi connectivity index (χ4v) is 2.70. The van der Waals surface area contributed by atoms with E-state index in [1.54, 1.807) is 12.1 Å². The smallest absolute Gasteiger partial charge is 0.291 e. The fourth-order valence-electron chi connectivity index (χ4n) is 2.70. The predicted octanol–water partition coefficient (Wildman–Crippen LogP) is 3.77. The van der Waals surface area contributed by atoms with Crippen LogP contribution in [0.2, 0.25) is 0 Å². The Morgan fingerprint density at radius 2 is 1.95 bits per heavy atom. The molecule has 1 fully saturated rings. The second kappa shape index (κ2) is 6.04. The highest BCUT2D eigenvalue weighted by Gasteiger charge is 2.19. The van der Waals surface area contributed by atoms with Gasteiger partial charge in [0.15, 0.2) is 5.76 Å². The third kappa shape index (κ3) is 3.10. The summed E-state index contributed by atoms with van der Waals surface area (Å²) >= 11 is 0. The average Bonchev–Trinajstić information content (AvgIpc) is 3.03. The normalized spacial score (nSPS) is 16.0. The van der Waals surface area contributed by atoms with E-state index in [0.717, 1.165) is 30.4 Å². The van der Waals surface area contributed by atoms with Crippen molar-refractivity contribution in [3.8, 4) is 0 Å². The molecule has 1 amide bonds. The minimum atomic E-state index is -0.210. The summed E-state index contributed by atoms with van der Waals surface area (Å²) in [7, 11) is 0. The van der Waals surface area contributed by atoms with Crippen LogP contribution in [0.3, 0.4) is 0 Å². The van der Waals surface area contributed by atoms with Gasteiger partial charge in [0.1, 0.15) is 0 Å². The molecule has 1 aromatic carbocycles. The van der Waals surface area contributed by atoms with E-state index in [2.05, 4.69) is 23.2 Å². The van der Waals surface area contributed by atoms with Crippen LogP contribution in [0.25, 0.3) is 0 Å². The number of hydrogen-bond donors (Lipinski definition) is 1. The van der Waals surface area contributed by atoms with Crippen molar-refractivity contribution in [1.82, 2.24) is 0 Å². The summed E-state index contributed by atoms with van der Waals surface area (Å²) in [6.07, 6.45) is 3.90. The lowest BCUT2D eigenvalue weighted by atomic mass is 9.98. The van der Waals surface area contributed by atoms with Crippen molar-refractivity contribution in [2.75, 3.05) is 23.3 Å². The Morgan fingerprint density at radius 3 is 2.67 bits per heavy atom. The van der Waals surface area contributed by atoms with Crippen molar-refractivity contribution in [3.05, 3.63) is 48.4 Å². The van der Waals surface area contributed by atoms with Crippen LogP contribution in [0.5, 0.6) is 0 Å². The largest absolute Gasteiger partial charge is 0.459 e. The molecule has 21 heavy (non-hydrogen) atoms. The van der Waals surface area contributed by atoms with Crippen molar-refractivity contribution in [2.24, 2.45) is 5.92 Å². The summed E-state index contributed by atoms with van der Waals surface area (Å²) in [6.45, 7) is 4.37. The topological polar surface area (TPSA) is 45.5 Å². The minimum absolute atomic E-state index is 0.210. The molecule has 1 aliphatic rings. The monoisotopic (exact) mass is 284 g/mol. The number of rotatable bonds is 3. The molecule has 2 heterocycles. The van der Waals surface area contributed by atoms with Gasteiger partial charge >= 0.3 is 0 Å². The van der Waals surface area contributed by atoms with Crippen LogP contribution < -0.4 is 10.2 Å². The molecule has 0 saturated carbocycles. The first kappa shape index (κ1) is 13.7. The number of amides is 1. The summed E-state index contributed by atoms with van der Waals surface area (Å²) in [5.41, 5.74) is 1.93. The molecule has 1 saturated heterocycles. The predicted molar refractivity (Wildman–Crippen MR) is 83.7 cm³/mol. The van der Waals surface area contributed by atoms with E-state index < -0.39 is 0 Å². The molecule has 0 aliphatic carbocycles. The zero-order valence-corrected chi connectivity index (χ0v) is 12.2. The van der Waals surface area contributed by atoms with E-state index in [0.29, 0.717) is 5.76 Å². The Labute approximate surface area is 124 Å². The summed E-state index contributed by atoms with van der Waals surface area (Å²) in [5, 5.41) is 2.95. The van der Waals surface area contributed by atoms with Gasteiger partial charge < -0.3 is 14.6 Å². The summed E-state index contributed by atoms with van der Waals surface area (Å²) < 4.78 is 5.14. The molecule has 2 aromatic rings. The quantitative estimate of drug-likeness (QED) is 0.933. The zero-order chi connectivity index (χ0) is 14.7. The number of nitrogens with one attached hydrogen (secondary N) is 1. The maximum atomic E-state index is 12.1. The van der Waals surface area contributed by atoms with E-state index in [1.165, 1.54) is 19.1 Å². The van der Waals surface area contributed by atoms with Crippen molar-refractivity contribution in [1.29, 1.82) is 0 Å². The second-order valence-corrected chi connectivity index (χ2v) is 5.62. The third-order valence-electron chi connectivity index (χ3n) is 4.02. The lowest BCUT2D eigenvalue weighted by molar-refractivity contribution is 0.0996. The van der Waals surface area contributed by atoms with Crippen molar-refractivity contribution in [3.63, 3.8) is 0 Å². The fraction of sp³-hybridized carbons (Fsp3) is 0.353. The van der Waals surface area contributed by atoms with Crippen LogP contribution in [-0.2, 0) is 0 Å². The molecule has 3 rings (SSSR count). The van der Waals surface area contributed by atoms with Gasteiger partial charge in [-0.05, 0) is 43.0 Å². The summed E-state index contributed by atoms with van der Waals surface area (Å²) in [5.74, 6) is 0.904. The highest BCUT2D eigenvalue weighted by atomic mass is 16.3. The van der Waals surface area contributed by atoms with Gasteiger partial charge in [-0.2, -0.15) is 0 Å². The maximum Gasteiger partial charge on any atom is 0.291 e. The molecule has 0 bridgehead atoms. The Kier molecular flexibility index (Phi) is 3.95. The average molecular weight is 284 g/mol. The number of benzene rings is 1. The molecule has 4 heteroatoms. The number of furan rings is 1. The molecule has 4 nitrogen and oxygen atoms in total. The highest BCUT2D eigenvalue weighted by molar-refractivity contribution is 6.04. The molecule has 0 unspecified atom stereocenters. The minimum Gasteiger partial charge on any atom is -0.459 e. The summed E-state index contributed by atoms with van der Waals surface area (Å²) in [4.78, 5) is 14.5. The molecule has 0 spiro atoms. The molecular weight excluding hydrogens is 264 g/mol. The molecule has 0 radical (unpaired) electrons. The molecule has 1 N–H and O–H groups in total. The number of carbonyl (C=O) groups is 1. The van der Waals surface area contributed by atoms with Crippen LogP contribution in [0.4, 0.5) is 11.4 Å². The lowest BCUT2D eigenvalue weighted by Crippen LogP contribution is -2.33. The van der Waals surface area contributed by atoms with Gasteiger partial charge in [-0.15, -0.1) is 0 Å². The van der Waals surface area contributed by atoms with Crippen LogP contribution in [0, 0.1) is 5.92 Å². The number of nitrogens with zero attached hydrogens (tertiary/aromatic N) is 1. The van der Waals surface area contributed by atoms with Crippen molar-refractivity contribution < 1.29 is 9.21 Å². The maximum absolute atomic E-state index is 12.1.